The number of benzene rings is 1. The molecule has 1 rings (SSSR count). The van der Waals surface area contributed by atoms with Crippen molar-refractivity contribution in [3.8, 4) is 5.75 Å². The summed E-state index contributed by atoms with van der Waals surface area (Å²) >= 11 is 0. The van der Waals surface area contributed by atoms with E-state index in [1.165, 1.54) is 0 Å². The van der Waals surface area contributed by atoms with Crippen LogP contribution in [-0.4, -0.2) is 37.3 Å². The van der Waals surface area contributed by atoms with Gasteiger partial charge in [0, 0.05) is 6.54 Å². The summed E-state index contributed by atoms with van der Waals surface area (Å²) in [5, 5.41) is 10.0. The molecule has 108 valence electrons. The molecule has 0 aliphatic rings. The van der Waals surface area contributed by atoms with Crippen LogP contribution < -0.4 is 4.74 Å². The second-order valence-corrected chi connectivity index (χ2v) is 5.71. The molecule has 1 atom stereocenters. The van der Waals surface area contributed by atoms with Gasteiger partial charge in [-0.25, -0.2) is 0 Å². The Hall–Kier alpha value is -1.06. The van der Waals surface area contributed by atoms with Crippen LogP contribution in [0.25, 0.3) is 0 Å². The van der Waals surface area contributed by atoms with Crippen LogP contribution in [0.2, 0.25) is 0 Å². The highest BCUT2D eigenvalue weighted by atomic mass is 16.5. The van der Waals surface area contributed by atoms with Gasteiger partial charge in [0.1, 0.15) is 5.75 Å². The van der Waals surface area contributed by atoms with E-state index in [9.17, 15) is 5.11 Å². The lowest BCUT2D eigenvalue weighted by Gasteiger charge is -2.15. The third kappa shape index (κ3) is 6.60. The Balaban J connectivity index is 2.42. The van der Waals surface area contributed by atoms with E-state index in [-0.39, 0.29) is 0 Å². The van der Waals surface area contributed by atoms with Crippen molar-refractivity contribution in [1.29, 1.82) is 0 Å². The minimum Gasteiger partial charge on any atom is -0.494 e. The monoisotopic (exact) mass is 265 g/mol. The SMILES string of the molecule is CC(C)CCOc1ccc(C(O)CCN(C)C)cc1. The molecule has 0 saturated carbocycles. The number of aliphatic hydroxyl groups excluding tert-OH is 1. The first-order chi connectivity index (χ1) is 8.99. The molecule has 3 nitrogen and oxygen atoms in total. The average Bonchev–Trinajstić information content (AvgIpc) is 2.36. The molecule has 0 aliphatic heterocycles. The Morgan fingerprint density at radius 2 is 1.74 bits per heavy atom. The maximum absolute atomic E-state index is 10.0. The first-order valence-corrected chi connectivity index (χ1v) is 7.04. The first kappa shape index (κ1) is 16.0. The Morgan fingerprint density at radius 3 is 2.26 bits per heavy atom. The second kappa shape index (κ2) is 8.18. The van der Waals surface area contributed by atoms with Crippen LogP contribution in [-0.2, 0) is 0 Å². The van der Waals surface area contributed by atoms with Gasteiger partial charge in [0.15, 0.2) is 0 Å². The van der Waals surface area contributed by atoms with E-state index in [0.29, 0.717) is 5.92 Å². The molecular formula is C16H27NO2. The molecule has 0 amide bonds. The van der Waals surface area contributed by atoms with Crippen molar-refractivity contribution in [3.63, 3.8) is 0 Å². The topological polar surface area (TPSA) is 32.7 Å². The van der Waals surface area contributed by atoms with Crippen LogP contribution in [0.3, 0.4) is 0 Å². The smallest absolute Gasteiger partial charge is 0.119 e. The number of ether oxygens (including phenoxy) is 1. The van der Waals surface area contributed by atoms with Crippen LogP contribution in [0.5, 0.6) is 5.75 Å². The van der Waals surface area contributed by atoms with E-state index in [4.69, 9.17) is 4.74 Å². The zero-order valence-electron chi connectivity index (χ0n) is 12.6. The van der Waals surface area contributed by atoms with Crippen molar-refractivity contribution in [2.75, 3.05) is 27.2 Å². The maximum Gasteiger partial charge on any atom is 0.119 e. The summed E-state index contributed by atoms with van der Waals surface area (Å²) in [6, 6.07) is 7.78. The molecule has 1 aromatic rings. The second-order valence-electron chi connectivity index (χ2n) is 5.71. The van der Waals surface area contributed by atoms with Crippen molar-refractivity contribution in [3.05, 3.63) is 29.8 Å². The van der Waals surface area contributed by atoms with Gasteiger partial charge in [0.2, 0.25) is 0 Å². The van der Waals surface area contributed by atoms with Crippen LogP contribution in [0.4, 0.5) is 0 Å². The van der Waals surface area contributed by atoms with E-state index in [1.54, 1.807) is 0 Å². The third-order valence-electron chi connectivity index (χ3n) is 3.08. The highest BCUT2D eigenvalue weighted by Gasteiger charge is 2.08. The Labute approximate surface area is 117 Å². The fraction of sp³-hybridized carbons (Fsp3) is 0.625. The van der Waals surface area contributed by atoms with Crippen molar-refractivity contribution in [2.24, 2.45) is 5.92 Å². The van der Waals surface area contributed by atoms with E-state index >= 15 is 0 Å². The molecule has 0 radical (unpaired) electrons. The zero-order valence-corrected chi connectivity index (χ0v) is 12.6. The molecule has 0 heterocycles. The fourth-order valence-electron chi connectivity index (χ4n) is 1.75. The van der Waals surface area contributed by atoms with Crippen molar-refractivity contribution in [1.82, 2.24) is 4.90 Å². The molecule has 3 heteroatoms. The molecule has 1 unspecified atom stereocenters. The van der Waals surface area contributed by atoms with Crippen LogP contribution in [0.1, 0.15) is 38.4 Å². The lowest BCUT2D eigenvalue weighted by Crippen LogP contribution is -2.15. The Morgan fingerprint density at radius 1 is 1.11 bits per heavy atom. The lowest BCUT2D eigenvalue weighted by atomic mass is 10.1. The predicted molar refractivity (Wildman–Crippen MR) is 79.5 cm³/mol. The summed E-state index contributed by atoms with van der Waals surface area (Å²) in [6.45, 7) is 6.01. The minimum absolute atomic E-state index is 0.396. The Kier molecular flexibility index (Phi) is 6.89. The van der Waals surface area contributed by atoms with Crippen molar-refractivity contribution >= 4 is 0 Å². The quantitative estimate of drug-likeness (QED) is 0.784. The third-order valence-corrected chi connectivity index (χ3v) is 3.08. The van der Waals surface area contributed by atoms with Gasteiger partial charge < -0.3 is 14.7 Å². The molecular weight excluding hydrogens is 238 g/mol. The molecule has 1 aromatic carbocycles. The number of aliphatic hydroxyl groups is 1. The normalized spacial score (nSPS) is 13.0. The van der Waals surface area contributed by atoms with Gasteiger partial charge in [-0.1, -0.05) is 26.0 Å². The molecule has 1 N–H and O–H groups in total. The summed E-state index contributed by atoms with van der Waals surface area (Å²) in [5.74, 6) is 1.54. The van der Waals surface area contributed by atoms with Crippen LogP contribution >= 0.6 is 0 Å². The molecule has 0 bridgehead atoms. The summed E-state index contributed by atoms with van der Waals surface area (Å²) in [4.78, 5) is 2.08. The summed E-state index contributed by atoms with van der Waals surface area (Å²) in [5.41, 5.74) is 0.957. The number of rotatable bonds is 8. The molecule has 0 aromatic heterocycles. The highest BCUT2D eigenvalue weighted by molar-refractivity contribution is 5.28. The number of nitrogens with zero attached hydrogens (tertiary/aromatic N) is 1. The molecule has 19 heavy (non-hydrogen) atoms. The predicted octanol–water partition coefficient (Wildman–Crippen LogP) is 3.10. The van der Waals surface area contributed by atoms with Gasteiger partial charge in [-0.15, -0.1) is 0 Å². The van der Waals surface area contributed by atoms with Gasteiger partial charge in [0.25, 0.3) is 0 Å². The summed E-state index contributed by atoms with van der Waals surface area (Å²) in [7, 11) is 4.02. The van der Waals surface area contributed by atoms with Crippen LogP contribution in [0, 0.1) is 5.92 Å². The van der Waals surface area contributed by atoms with Gasteiger partial charge >= 0.3 is 0 Å². The van der Waals surface area contributed by atoms with Gasteiger partial charge in [-0.05, 0) is 50.6 Å². The molecule has 0 aliphatic carbocycles. The zero-order chi connectivity index (χ0) is 14.3. The Bertz CT molecular complexity index is 346. The van der Waals surface area contributed by atoms with Gasteiger partial charge in [-0.2, -0.15) is 0 Å². The number of hydrogen-bond acceptors (Lipinski definition) is 3. The fourth-order valence-corrected chi connectivity index (χ4v) is 1.75. The standard InChI is InChI=1S/C16H27NO2/c1-13(2)10-12-19-15-7-5-14(6-8-15)16(18)9-11-17(3)4/h5-8,13,16,18H,9-12H2,1-4H3. The average molecular weight is 265 g/mol. The van der Waals surface area contributed by atoms with Crippen molar-refractivity contribution in [2.45, 2.75) is 32.8 Å². The molecule has 0 fully saturated rings. The van der Waals surface area contributed by atoms with E-state index in [1.807, 2.05) is 38.4 Å². The largest absolute Gasteiger partial charge is 0.494 e. The summed E-state index contributed by atoms with van der Waals surface area (Å²) in [6.07, 6.45) is 1.42. The minimum atomic E-state index is -0.396. The van der Waals surface area contributed by atoms with Crippen LogP contribution in [0.15, 0.2) is 24.3 Å². The van der Waals surface area contributed by atoms with Gasteiger partial charge in [0.05, 0.1) is 12.7 Å². The van der Waals surface area contributed by atoms with E-state index in [0.717, 1.165) is 37.3 Å². The maximum atomic E-state index is 10.0. The molecule has 0 saturated heterocycles. The van der Waals surface area contributed by atoms with Gasteiger partial charge in [-0.3, -0.25) is 0 Å². The molecule has 0 spiro atoms. The number of hydrogen-bond donors (Lipinski definition) is 1. The van der Waals surface area contributed by atoms with E-state index < -0.39 is 6.10 Å². The summed E-state index contributed by atoms with van der Waals surface area (Å²) < 4.78 is 5.66. The highest BCUT2D eigenvalue weighted by Crippen LogP contribution is 2.20. The first-order valence-electron chi connectivity index (χ1n) is 7.04. The lowest BCUT2D eigenvalue weighted by molar-refractivity contribution is 0.154. The van der Waals surface area contributed by atoms with E-state index in [2.05, 4.69) is 18.7 Å². The van der Waals surface area contributed by atoms with Crippen molar-refractivity contribution < 1.29 is 9.84 Å².